The van der Waals surface area contributed by atoms with Gasteiger partial charge in [0.15, 0.2) is 11.5 Å². The van der Waals surface area contributed by atoms with E-state index in [1.165, 1.54) is 13.2 Å². The molecule has 0 bridgehead atoms. The molecular formula is C24H26O6. The zero-order valence-electron chi connectivity index (χ0n) is 17.5. The van der Waals surface area contributed by atoms with Crippen molar-refractivity contribution in [2.24, 2.45) is 0 Å². The summed E-state index contributed by atoms with van der Waals surface area (Å²) in [6.45, 7) is 4.02. The topological polar surface area (TPSA) is 71.1 Å². The molecule has 30 heavy (non-hydrogen) atoms. The Kier molecular flexibility index (Phi) is 6.77. The van der Waals surface area contributed by atoms with Crippen molar-refractivity contribution in [2.75, 3.05) is 7.11 Å². The minimum absolute atomic E-state index is 0.149. The van der Waals surface area contributed by atoms with Gasteiger partial charge in [0.25, 0.3) is 5.79 Å². The predicted molar refractivity (Wildman–Crippen MR) is 112 cm³/mol. The van der Waals surface area contributed by atoms with Crippen LogP contribution in [-0.2, 0) is 25.7 Å². The number of carbonyl (C=O) groups is 2. The Morgan fingerprint density at radius 1 is 1.00 bits per heavy atom. The molecule has 1 heterocycles. The number of esters is 2. The molecule has 0 spiro atoms. The first kappa shape index (κ1) is 21.4. The third-order valence-electron chi connectivity index (χ3n) is 4.78. The Morgan fingerprint density at radius 2 is 1.70 bits per heavy atom. The highest BCUT2D eigenvalue weighted by molar-refractivity contribution is 6.18. The Bertz CT molecular complexity index is 912. The third-order valence-corrected chi connectivity index (χ3v) is 4.78. The molecule has 0 aliphatic carbocycles. The van der Waals surface area contributed by atoms with Crippen LogP contribution in [0.3, 0.4) is 0 Å². The number of cyclic esters (lactones) is 2. The van der Waals surface area contributed by atoms with Gasteiger partial charge in [-0.15, -0.1) is 0 Å². The van der Waals surface area contributed by atoms with E-state index >= 15 is 0 Å². The number of methoxy groups -OCH3 is 1. The van der Waals surface area contributed by atoms with Gasteiger partial charge in [0.2, 0.25) is 0 Å². The molecule has 1 saturated heterocycles. The lowest BCUT2D eigenvalue weighted by molar-refractivity contribution is -0.230. The summed E-state index contributed by atoms with van der Waals surface area (Å²) in [4.78, 5) is 24.8. The number of hydrogen-bond acceptors (Lipinski definition) is 6. The van der Waals surface area contributed by atoms with Crippen LogP contribution < -0.4 is 9.47 Å². The predicted octanol–water partition coefficient (Wildman–Crippen LogP) is 4.66. The summed E-state index contributed by atoms with van der Waals surface area (Å²) in [7, 11) is 1.53. The number of carbonyl (C=O) groups excluding carboxylic acids is 2. The quantitative estimate of drug-likeness (QED) is 0.358. The summed E-state index contributed by atoms with van der Waals surface area (Å²) >= 11 is 0. The molecule has 2 aromatic carbocycles. The maximum atomic E-state index is 12.4. The van der Waals surface area contributed by atoms with Gasteiger partial charge in [0, 0.05) is 13.3 Å². The van der Waals surface area contributed by atoms with Crippen LogP contribution in [-0.4, -0.2) is 24.8 Å². The summed E-state index contributed by atoms with van der Waals surface area (Å²) < 4.78 is 22.0. The Balaban J connectivity index is 1.75. The molecule has 6 heteroatoms. The summed E-state index contributed by atoms with van der Waals surface area (Å²) in [5.41, 5.74) is 1.48. The highest BCUT2D eigenvalue weighted by Crippen LogP contribution is 2.32. The lowest BCUT2D eigenvalue weighted by atomic mass is 10.1. The van der Waals surface area contributed by atoms with E-state index in [2.05, 4.69) is 0 Å². The average molecular weight is 410 g/mol. The second-order valence-corrected chi connectivity index (χ2v) is 7.26. The smallest absolute Gasteiger partial charge is 0.348 e. The van der Waals surface area contributed by atoms with Crippen LogP contribution in [0.15, 0.2) is 54.1 Å². The van der Waals surface area contributed by atoms with Crippen LogP contribution in [0.5, 0.6) is 11.5 Å². The standard InChI is InChI=1S/C24H26O6/c1-4-5-13-24(2)29-22(25)19(23(26)30-24)14-18-11-12-20(21(15-18)27-3)28-16-17-9-7-6-8-10-17/h6-12,14-15H,4-5,13,16H2,1-3H3. The lowest BCUT2D eigenvalue weighted by Crippen LogP contribution is -2.44. The molecule has 1 aliphatic heterocycles. The van der Waals surface area contributed by atoms with E-state index in [1.54, 1.807) is 25.1 Å². The lowest BCUT2D eigenvalue weighted by Gasteiger charge is -2.33. The van der Waals surface area contributed by atoms with Crippen molar-refractivity contribution in [3.8, 4) is 11.5 Å². The van der Waals surface area contributed by atoms with Crippen LogP contribution in [0.1, 0.15) is 44.2 Å². The summed E-state index contributed by atoms with van der Waals surface area (Å²) in [5.74, 6) is -1.54. The van der Waals surface area contributed by atoms with Gasteiger partial charge in [-0.3, -0.25) is 0 Å². The summed E-state index contributed by atoms with van der Waals surface area (Å²) in [6, 6.07) is 14.9. The molecule has 0 radical (unpaired) electrons. The first-order valence-electron chi connectivity index (χ1n) is 9.97. The van der Waals surface area contributed by atoms with Gasteiger partial charge in [0.1, 0.15) is 12.2 Å². The highest BCUT2D eigenvalue weighted by Gasteiger charge is 2.41. The van der Waals surface area contributed by atoms with E-state index in [1.807, 2.05) is 37.3 Å². The average Bonchev–Trinajstić information content (AvgIpc) is 2.74. The van der Waals surface area contributed by atoms with E-state index in [-0.39, 0.29) is 5.57 Å². The van der Waals surface area contributed by atoms with Crippen molar-refractivity contribution in [3.05, 3.63) is 65.2 Å². The van der Waals surface area contributed by atoms with Gasteiger partial charge in [0.05, 0.1) is 7.11 Å². The van der Waals surface area contributed by atoms with Crippen LogP contribution in [0.4, 0.5) is 0 Å². The molecular weight excluding hydrogens is 384 g/mol. The second-order valence-electron chi connectivity index (χ2n) is 7.26. The zero-order chi connectivity index (χ0) is 21.6. The molecule has 0 saturated carbocycles. The molecule has 1 aliphatic rings. The van der Waals surface area contributed by atoms with Crippen molar-refractivity contribution in [1.82, 2.24) is 0 Å². The normalized spacial score (nSPS) is 18.4. The van der Waals surface area contributed by atoms with E-state index in [0.29, 0.717) is 30.1 Å². The molecule has 158 valence electrons. The van der Waals surface area contributed by atoms with E-state index < -0.39 is 17.7 Å². The first-order chi connectivity index (χ1) is 14.4. The number of ether oxygens (including phenoxy) is 4. The number of rotatable bonds is 8. The van der Waals surface area contributed by atoms with Gasteiger partial charge >= 0.3 is 11.9 Å². The fourth-order valence-electron chi connectivity index (χ4n) is 3.12. The minimum Gasteiger partial charge on any atom is -0.493 e. The monoisotopic (exact) mass is 410 g/mol. The van der Waals surface area contributed by atoms with Crippen molar-refractivity contribution in [2.45, 2.75) is 45.5 Å². The maximum Gasteiger partial charge on any atom is 0.348 e. The fraction of sp³-hybridized carbons (Fsp3) is 0.333. The largest absolute Gasteiger partial charge is 0.493 e. The molecule has 0 unspecified atom stereocenters. The number of benzene rings is 2. The van der Waals surface area contributed by atoms with E-state index in [9.17, 15) is 9.59 Å². The molecule has 1 fully saturated rings. The molecule has 6 nitrogen and oxygen atoms in total. The Labute approximate surface area is 176 Å². The summed E-state index contributed by atoms with van der Waals surface area (Å²) in [5, 5.41) is 0. The van der Waals surface area contributed by atoms with Gasteiger partial charge in [-0.05, 0) is 35.8 Å². The zero-order valence-corrected chi connectivity index (χ0v) is 17.5. The Morgan fingerprint density at radius 3 is 2.33 bits per heavy atom. The van der Waals surface area contributed by atoms with E-state index in [0.717, 1.165) is 18.4 Å². The number of hydrogen-bond donors (Lipinski definition) is 0. The molecule has 3 rings (SSSR count). The van der Waals surface area contributed by atoms with E-state index in [4.69, 9.17) is 18.9 Å². The maximum absolute atomic E-state index is 12.4. The fourth-order valence-corrected chi connectivity index (χ4v) is 3.12. The molecule has 0 amide bonds. The minimum atomic E-state index is -1.21. The van der Waals surface area contributed by atoms with Gasteiger partial charge in [-0.2, -0.15) is 0 Å². The van der Waals surface area contributed by atoms with Crippen molar-refractivity contribution < 1.29 is 28.5 Å². The first-order valence-corrected chi connectivity index (χ1v) is 9.97. The van der Waals surface area contributed by atoms with Crippen LogP contribution in [0, 0.1) is 0 Å². The van der Waals surface area contributed by atoms with Crippen molar-refractivity contribution >= 4 is 18.0 Å². The van der Waals surface area contributed by atoms with Gasteiger partial charge in [-0.1, -0.05) is 49.7 Å². The van der Waals surface area contributed by atoms with Crippen LogP contribution in [0.2, 0.25) is 0 Å². The third kappa shape index (κ3) is 5.20. The Hall–Kier alpha value is -3.28. The molecule has 0 N–H and O–H groups in total. The molecule has 0 atom stereocenters. The highest BCUT2D eigenvalue weighted by atomic mass is 16.7. The SMILES string of the molecule is CCCCC1(C)OC(=O)C(=Cc2ccc(OCc3ccccc3)c(OC)c2)C(=O)O1. The number of unbranched alkanes of at least 4 members (excludes halogenated alkanes) is 1. The second kappa shape index (κ2) is 9.48. The van der Waals surface area contributed by atoms with Gasteiger partial charge in [-0.25, -0.2) is 9.59 Å². The molecule has 2 aromatic rings. The molecule has 0 aromatic heterocycles. The van der Waals surface area contributed by atoms with Crippen molar-refractivity contribution in [1.29, 1.82) is 0 Å². The van der Waals surface area contributed by atoms with Crippen molar-refractivity contribution in [3.63, 3.8) is 0 Å². The summed E-state index contributed by atoms with van der Waals surface area (Å²) in [6.07, 6.45) is 3.60. The van der Waals surface area contributed by atoms with Gasteiger partial charge < -0.3 is 18.9 Å². The van der Waals surface area contributed by atoms with Crippen LogP contribution in [0.25, 0.3) is 6.08 Å². The van der Waals surface area contributed by atoms with Crippen LogP contribution >= 0.6 is 0 Å².